The number of halogens is 1. The third kappa shape index (κ3) is 1.86. The van der Waals surface area contributed by atoms with Crippen molar-refractivity contribution in [3.8, 4) is 0 Å². The van der Waals surface area contributed by atoms with Crippen LogP contribution >= 0.6 is 0 Å². The van der Waals surface area contributed by atoms with Gasteiger partial charge in [-0.2, -0.15) is 0 Å². The van der Waals surface area contributed by atoms with Crippen molar-refractivity contribution in [1.82, 2.24) is 5.32 Å². The lowest BCUT2D eigenvalue weighted by molar-refractivity contribution is 0.146. The third-order valence-electron chi connectivity index (χ3n) is 4.54. The molecule has 0 bridgehead atoms. The average Bonchev–Trinajstić information content (AvgIpc) is 3.00. The van der Waals surface area contributed by atoms with Gasteiger partial charge in [-0.15, -0.1) is 0 Å². The summed E-state index contributed by atoms with van der Waals surface area (Å²) in [5.74, 6) is -0.129. The first-order chi connectivity index (χ1) is 8.75. The Morgan fingerprint density at radius 3 is 2.83 bits per heavy atom. The van der Waals surface area contributed by atoms with Gasteiger partial charge < -0.3 is 10.4 Å². The van der Waals surface area contributed by atoms with Crippen LogP contribution in [0.2, 0.25) is 0 Å². The van der Waals surface area contributed by atoms with Gasteiger partial charge in [0.1, 0.15) is 5.82 Å². The number of benzene rings is 1. The van der Waals surface area contributed by atoms with Crippen LogP contribution in [0.25, 0.3) is 0 Å². The Kier molecular flexibility index (Phi) is 3.12. The van der Waals surface area contributed by atoms with E-state index < -0.39 is 5.54 Å². The molecule has 2 aliphatic rings. The maximum Gasteiger partial charge on any atom is 0.126 e. The second kappa shape index (κ2) is 4.63. The highest BCUT2D eigenvalue weighted by Gasteiger charge is 2.41. The minimum atomic E-state index is -0.410. The zero-order valence-electron chi connectivity index (χ0n) is 10.6. The van der Waals surface area contributed by atoms with Gasteiger partial charge >= 0.3 is 0 Å². The van der Waals surface area contributed by atoms with Crippen LogP contribution in [-0.4, -0.2) is 17.8 Å². The van der Waals surface area contributed by atoms with Crippen molar-refractivity contribution >= 4 is 0 Å². The minimum absolute atomic E-state index is 0.0555. The number of rotatable bonds is 3. The molecule has 3 rings (SSSR count). The van der Waals surface area contributed by atoms with E-state index in [0.717, 1.165) is 24.0 Å². The summed E-state index contributed by atoms with van der Waals surface area (Å²) < 4.78 is 13.8. The number of hydrogen-bond acceptors (Lipinski definition) is 2. The Balaban J connectivity index is 1.92. The molecule has 1 fully saturated rings. The molecule has 2 aliphatic carbocycles. The van der Waals surface area contributed by atoms with Crippen LogP contribution in [0.15, 0.2) is 18.2 Å². The minimum Gasteiger partial charge on any atom is -0.394 e. The summed E-state index contributed by atoms with van der Waals surface area (Å²) in [5.41, 5.74) is 1.35. The molecule has 2 N–H and O–H groups in total. The summed E-state index contributed by atoms with van der Waals surface area (Å²) >= 11 is 0. The second-order valence-corrected chi connectivity index (χ2v) is 5.63. The van der Waals surface area contributed by atoms with Gasteiger partial charge in [-0.25, -0.2) is 4.39 Å². The van der Waals surface area contributed by atoms with E-state index in [9.17, 15) is 9.50 Å². The molecule has 1 unspecified atom stereocenters. The standard InChI is InChI=1S/C15H20FNO/c16-14-7-3-6-13-12(14)8-9-15(13,10-18)17-11-4-1-2-5-11/h3,6-7,11,17-18H,1-2,4-5,8-10H2. The maximum atomic E-state index is 13.8. The van der Waals surface area contributed by atoms with E-state index in [1.165, 1.54) is 31.7 Å². The Morgan fingerprint density at radius 1 is 1.33 bits per heavy atom. The van der Waals surface area contributed by atoms with Crippen LogP contribution in [0.4, 0.5) is 4.39 Å². The van der Waals surface area contributed by atoms with Crippen LogP contribution in [0.3, 0.4) is 0 Å². The molecule has 1 aromatic rings. The van der Waals surface area contributed by atoms with Crippen molar-refractivity contribution in [2.24, 2.45) is 0 Å². The first-order valence-corrected chi connectivity index (χ1v) is 6.92. The molecule has 0 aliphatic heterocycles. The lowest BCUT2D eigenvalue weighted by atomic mass is 9.91. The largest absolute Gasteiger partial charge is 0.394 e. The molecule has 1 saturated carbocycles. The van der Waals surface area contributed by atoms with Gasteiger partial charge in [0.25, 0.3) is 0 Å². The molecular weight excluding hydrogens is 229 g/mol. The Hall–Kier alpha value is -0.930. The van der Waals surface area contributed by atoms with E-state index >= 15 is 0 Å². The highest BCUT2D eigenvalue weighted by atomic mass is 19.1. The second-order valence-electron chi connectivity index (χ2n) is 5.63. The van der Waals surface area contributed by atoms with Crippen LogP contribution in [-0.2, 0) is 12.0 Å². The lowest BCUT2D eigenvalue weighted by Crippen LogP contribution is -2.48. The van der Waals surface area contributed by atoms with Crippen molar-refractivity contribution in [3.63, 3.8) is 0 Å². The van der Waals surface area contributed by atoms with Crippen molar-refractivity contribution in [2.45, 2.75) is 50.1 Å². The van der Waals surface area contributed by atoms with E-state index in [0.29, 0.717) is 6.04 Å². The fourth-order valence-electron chi connectivity index (χ4n) is 3.55. The number of aliphatic hydroxyl groups excluding tert-OH is 1. The van der Waals surface area contributed by atoms with Gasteiger partial charge in [0.15, 0.2) is 0 Å². The monoisotopic (exact) mass is 249 g/mol. The Bertz CT molecular complexity index is 442. The molecule has 3 heteroatoms. The summed E-state index contributed by atoms with van der Waals surface area (Å²) in [6, 6.07) is 5.71. The number of fused-ring (bicyclic) bond motifs is 1. The molecule has 2 nitrogen and oxygen atoms in total. The number of aliphatic hydroxyl groups is 1. The van der Waals surface area contributed by atoms with Gasteiger partial charge in [0.05, 0.1) is 12.1 Å². The molecule has 0 radical (unpaired) electrons. The molecule has 18 heavy (non-hydrogen) atoms. The summed E-state index contributed by atoms with van der Waals surface area (Å²) in [4.78, 5) is 0. The Morgan fingerprint density at radius 2 is 2.11 bits per heavy atom. The highest BCUT2D eigenvalue weighted by molar-refractivity contribution is 5.40. The molecular formula is C15H20FNO. The highest BCUT2D eigenvalue weighted by Crippen LogP contribution is 2.39. The van der Waals surface area contributed by atoms with Crippen molar-refractivity contribution < 1.29 is 9.50 Å². The van der Waals surface area contributed by atoms with E-state index in [1.54, 1.807) is 6.07 Å². The zero-order chi connectivity index (χ0) is 12.6. The molecule has 0 amide bonds. The molecule has 0 aromatic heterocycles. The maximum absolute atomic E-state index is 13.8. The van der Waals surface area contributed by atoms with Crippen molar-refractivity contribution in [1.29, 1.82) is 0 Å². The van der Waals surface area contributed by atoms with Crippen molar-refractivity contribution in [2.75, 3.05) is 6.61 Å². The van der Waals surface area contributed by atoms with Crippen LogP contribution in [0.1, 0.15) is 43.2 Å². The van der Waals surface area contributed by atoms with Gasteiger partial charge in [0, 0.05) is 6.04 Å². The first-order valence-electron chi connectivity index (χ1n) is 6.92. The molecule has 0 saturated heterocycles. The normalized spacial score (nSPS) is 27.7. The van der Waals surface area contributed by atoms with E-state index in [2.05, 4.69) is 5.32 Å². The SMILES string of the molecule is OCC1(NC2CCCC2)CCc2c(F)cccc21. The molecule has 0 heterocycles. The fourth-order valence-corrected chi connectivity index (χ4v) is 3.55. The fraction of sp³-hybridized carbons (Fsp3) is 0.600. The lowest BCUT2D eigenvalue weighted by Gasteiger charge is -2.33. The van der Waals surface area contributed by atoms with E-state index in [-0.39, 0.29) is 12.4 Å². The molecule has 98 valence electrons. The van der Waals surface area contributed by atoms with Crippen LogP contribution < -0.4 is 5.32 Å². The van der Waals surface area contributed by atoms with Gasteiger partial charge in [-0.1, -0.05) is 25.0 Å². The quantitative estimate of drug-likeness (QED) is 0.862. The predicted molar refractivity (Wildman–Crippen MR) is 68.9 cm³/mol. The molecule has 1 aromatic carbocycles. The van der Waals surface area contributed by atoms with Gasteiger partial charge in [0.2, 0.25) is 0 Å². The number of hydrogen-bond donors (Lipinski definition) is 2. The summed E-state index contributed by atoms with van der Waals surface area (Å²) in [5, 5.41) is 13.4. The third-order valence-corrected chi connectivity index (χ3v) is 4.54. The van der Waals surface area contributed by atoms with Crippen molar-refractivity contribution in [3.05, 3.63) is 35.1 Å². The number of nitrogens with one attached hydrogen (secondary N) is 1. The van der Waals surface area contributed by atoms with E-state index in [1.807, 2.05) is 6.07 Å². The van der Waals surface area contributed by atoms with Crippen LogP contribution in [0, 0.1) is 5.82 Å². The van der Waals surface area contributed by atoms with Gasteiger partial charge in [-0.3, -0.25) is 0 Å². The topological polar surface area (TPSA) is 32.3 Å². The zero-order valence-corrected chi connectivity index (χ0v) is 10.6. The Labute approximate surface area is 107 Å². The smallest absolute Gasteiger partial charge is 0.126 e. The van der Waals surface area contributed by atoms with Crippen LogP contribution in [0.5, 0.6) is 0 Å². The first kappa shape index (κ1) is 12.1. The molecule has 0 spiro atoms. The summed E-state index contributed by atoms with van der Waals surface area (Å²) in [6.07, 6.45) is 6.39. The summed E-state index contributed by atoms with van der Waals surface area (Å²) in [7, 11) is 0. The average molecular weight is 249 g/mol. The van der Waals surface area contributed by atoms with Gasteiger partial charge in [-0.05, 0) is 42.9 Å². The summed E-state index contributed by atoms with van der Waals surface area (Å²) in [6.45, 7) is 0.0555. The molecule has 1 atom stereocenters. The predicted octanol–water partition coefficient (Wildman–Crippen LogP) is 2.49. The van der Waals surface area contributed by atoms with E-state index in [4.69, 9.17) is 0 Å².